The number of fused-ring (bicyclic) bond motifs is 1. The molecule has 0 saturated heterocycles. The molecule has 92 valence electrons. The highest BCUT2D eigenvalue weighted by Gasteiger charge is 2.11. The van der Waals surface area contributed by atoms with Gasteiger partial charge in [-0.3, -0.25) is 4.99 Å². The maximum Gasteiger partial charge on any atom is 0.143 e. The number of nitrogens with one attached hydrogen (secondary N) is 3. The number of hydrazine groups is 1. The van der Waals surface area contributed by atoms with Crippen LogP contribution in [0.2, 0.25) is 0 Å². The summed E-state index contributed by atoms with van der Waals surface area (Å²) in [6, 6.07) is 6.05. The molecule has 0 aromatic heterocycles. The van der Waals surface area contributed by atoms with Crippen molar-refractivity contribution in [3.8, 4) is 5.75 Å². The largest absolute Gasteiger partial charge is 0.490 e. The molecular formula is C12H18N4O. The lowest BCUT2D eigenvalue weighted by Crippen LogP contribution is -2.35. The lowest BCUT2D eigenvalue weighted by atomic mass is 10.1. The molecule has 1 aromatic carbocycles. The maximum absolute atomic E-state index is 5.60. The van der Waals surface area contributed by atoms with Gasteiger partial charge in [0.05, 0.1) is 5.69 Å². The summed E-state index contributed by atoms with van der Waals surface area (Å²) in [4.78, 5) is 4.40. The smallest absolute Gasteiger partial charge is 0.143 e. The predicted octanol–water partition coefficient (Wildman–Crippen LogP) is 0.981. The van der Waals surface area contributed by atoms with Crippen LogP contribution >= 0.6 is 0 Å². The molecule has 17 heavy (non-hydrogen) atoms. The number of nitrogens with zero attached hydrogens (tertiary/aromatic N) is 1. The Morgan fingerprint density at radius 2 is 2.41 bits per heavy atom. The van der Waals surface area contributed by atoms with Crippen LogP contribution in [-0.4, -0.2) is 32.6 Å². The van der Waals surface area contributed by atoms with Crippen molar-refractivity contribution in [2.75, 3.05) is 32.1 Å². The number of ether oxygens (including phenoxy) is 1. The second kappa shape index (κ2) is 5.54. The summed E-state index contributed by atoms with van der Waals surface area (Å²) >= 11 is 0. The molecule has 0 atom stereocenters. The summed E-state index contributed by atoms with van der Waals surface area (Å²) in [5.74, 6) is 1.71. The Bertz CT molecular complexity index is 417. The van der Waals surface area contributed by atoms with Gasteiger partial charge in [0.15, 0.2) is 0 Å². The first-order valence-electron chi connectivity index (χ1n) is 5.83. The molecule has 5 nitrogen and oxygen atoms in total. The molecule has 3 N–H and O–H groups in total. The minimum atomic E-state index is 0.705. The highest BCUT2D eigenvalue weighted by molar-refractivity contribution is 5.99. The number of benzene rings is 1. The van der Waals surface area contributed by atoms with Crippen LogP contribution in [-0.2, 0) is 0 Å². The quantitative estimate of drug-likeness (QED) is 0.414. The molecule has 1 aromatic rings. The van der Waals surface area contributed by atoms with E-state index in [1.165, 1.54) is 0 Å². The summed E-state index contributed by atoms with van der Waals surface area (Å²) in [5, 5.41) is 3.29. The molecule has 0 aliphatic carbocycles. The van der Waals surface area contributed by atoms with E-state index < -0.39 is 0 Å². The van der Waals surface area contributed by atoms with Crippen LogP contribution in [0.4, 0.5) is 5.69 Å². The average Bonchev–Trinajstić information content (AvgIpc) is 2.38. The summed E-state index contributed by atoms with van der Waals surface area (Å²) in [6.07, 6.45) is 0. The molecular weight excluding hydrogens is 216 g/mol. The van der Waals surface area contributed by atoms with Crippen molar-refractivity contribution in [3.63, 3.8) is 0 Å². The third kappa shape index (κ3) is 2.68. The van der Waals surface area contributed by atoms with Crippen LogP contribution < -0.4 is 20.9 Å². The van der Waals surface area contributed by atoms with E-state index in [1.807, 2.05) is 32.2 Å². The number of aliphatic imine (C=N–C) groups is 1. The zero-order valence-corrected chi connectivity index (χ0v) is 10.2. The summed E-state index contributed by atoms with van der Waals surface area (Å²) in [7, 11) is 1.82. The highest BCUT2D eigenvalue weighted by Crippen LogP contribution is 2.28. The van der Waals surface area contributed by atoms with Crippen molar-refractivity contribution in [1.82, 2.24) is 10.9 Å². The number of amidine groups is 1. The fourth-order valence-electron chi connectivity index (χ4n) is 1.76. The molecule has 0 saturated carbocycles. The molecule has 0 radical (unpaired) electrons. The zero-order valence-electron chi connectivity index (χ0n) is 10.2. The summed E-state index contributed by atoms with van der Waals surface area (Å²) in [6.45, 7) is 4.31. The van der Waals surface area contributed by atoms with E-state index in [0.29, 0.717) is 6.61 Å². The molecule has 0 fully saturated rings. The van der Waals surface area contributed by atoms with E-state index >= 15 is 0 Å². The molecule has 5 heteroatoms. The molecule has 0 unspecified atom stereocenters. The summed E-state index contributed by atoms with van der Waals surface area (Å²) in [5.41, 5.74) is 7.98. The van der Waals surface area contributed by atoms with Gasteiger partial charge in [-0.1, -0.05) is 0 Å². The number of hydrogen-bond donors (Lipinski definition) is 3. The van der Waals surface area contributed by atoms with Gasteiger partial charge >= 0.3 is 0 Å². The molecule has 0 spiro atoms. The van der Waals surface area contributed by atoms with Crippen LogP contribution in [0, 0.1) is 0 Å². The Balaban J connectivity index is 2.28. The normalized spacial score (nSPS) is 14.6. The van der Waals surface area contributed by atoms with Crippen molar-refractivity contribution in [2.24, 2.45) is 4.99 Å². The van der Waals surface area contributed by atoms with E-state index in [9.17, 15) is 0 Å². The van der Waals surface area contributed by atoms with Gasteiger partial charge in [-0.2, -0.15) is 0 Å². The van der Waals surface area contributed by atoms with E-state index in [-0.39, 0.29) is 0 Å². The van der Waals surface area contributed by atoms with Gasteiger partial charge in [0.1, 0.15) is 18.2 Å². The Morgan fingerprint density at radius 3 is 3.18 bits per heavy atom. The van der Waals surface area contributed by atoms with Gasteiger partial charge in [-0.25, -0.2) is 5.43 Å². The van der Waals surface area contributed by atoms with Gasteiger partial charge in [0.2, 0.25) is 0 Å². The predicted molar refractivity (Wildman–Crippen MR) is 69.7 cm³/mol. The van der Waals surface area contributed by atoms with Crippen LogP contribution in [0.3, 0.4) is 0 Å². The standard InChI is InChI=1S/C12H18N4O/c1-3-14-12(16-13-2)9-4-5-10-11(8-9)17-7-6-15-10/h4-5,8,13,15H,3,6-7H2,1-2H3,(H,14,16). The molecule has 1 aliphatic heterocycles. The average molecular weight is 234 g/mol. The van der Waals surface area contributed by atoms with Gasteiger partial charge in [0, 0.05) is 25.7 Å². The number of hydrogen-bond acceptors (Lipinski definition) is 4. The topological polar surface area (TPSA) is 57.7 Å². The Morgan fingerprint density at radius 1 is 1.53 bits per heavy atom. The van der Waals surface area contributed by atoms with Crippen molar-refractivity contribution < 1.29 is 4.74 Å². The van der Waals surface area contributed by atoms with E-state index in [2.05, 4.69) is 21.2 Å². The van der Waals surface area contributed by atoms with Gasteiger partial charge in [0.25, 0.3) is 0 Å². The second-order valence-corrected chi connectivity index (χ2v) is 3.68. The summed E-state index contributed by atoms with van der Waals surface area (Å²) < 4.78 is 5.60. The van der Waals surface area contributed by atoms with Crippen LogP contribution in [0.15, 0.2) is 23.2 Å². The first-order valence-corrected chi connectivity index (χ1v) is 5.83. The number of rotatable bonds is 3. The Kier molecular flexibility index (Phi) is 3.82. The van der Waals surface area contributed by atoms with Gasteiger partial charge < -0.3 is 15.5 Å². The monoisotopic (exact) mass is 234 g/mol. The zero-order chi connectivity index (χ0) is 12.1. The van der Waals surface area contributed by atoms with E-state index in [1.54, 1.807) is 0 Å². The maximum atomic E-state index is 5.60. The third-order valence-electron chi connectivity index (χ3n) is 2.49. The fraction of sp³-hybridized carbons (Fsp3) is 0.417. The van der Waals surface area contributed by atoms with E-state index in [4.69, 9.17) is 4.74 Å². The van der Waals surface area contributed by atoms with E-state index in [0.717, 1.165) is 35.9 Å². The first kappa shape index (κ1) is 11.7. The van der Waals surface area contributed by atoms with Crippen LogP contribution in [0.5, 0.6) is 5.75 Å². The molecule has 0 amide bonds. The Labute approximate surface area is 101 Å². The SMILES string of the molecule is CCN=C(NNC)c1ccc2c(c1)OCCN2. The first-order chi connectivity index (χ1) is 8.35. The highest BCUT2D eigenvalue weighted by atomic mass is 16.5. The minimum absolute atomic E-state index is 0.705. The van der Waals surface area contributed by atoms with Gasteiger partial charge in [-0.05, 0) is 25.1 Å². The fourth-order valence-corrected chi connectivity index (χ4v) is 1.76. The molecule has 0 bridgehead atoms. The minimum Gasteiger partial charge on any atom is -0.490 e. The van der Waals surface area contributed by atoms with Crippen molar-refractivity contribution in [3.05, 3.63) is 23.8 Å². The number of anilines is 1. The Hall–Kier alpha value is -1.75. The van der Waals surface area contributed by atoms with Crippen molar-refractivity contribution in [2.45, 2.75) is 6.92 Å². The second-order valence-electron chi connectivity index (χ2n) is 3.68. The van der Waals surface area contributed by atoms with Crippen LogP contribution in [0.1, 0.15) is 12.5 Å². The van der Waals surface area contributed by atoms with Gasteiger partial charge in [-0.15, -0.1) is 0 Å². The van der Waals surface area contributed by atoms with Crippen LogP contribution in [0.25, 0.3) is 0 Å². The molecule has 2 rings (SSSR count). The molecule has 1 heterocycles. The lowest BCUT2D eigenvalue weighted by molar-refractivity contribution is 0.323. The van der Waals surface area contributed by atoms with Crippen molar-refractivity contribution >= 4 is 11.5 Å². The third-order valence-corrected chi connectivity index (χ3v) is 2.49. The van der Waals surface area contributed by atoms with Crippen molar-refractivity contribution in [1.29, 1.82) is 0 Å². The lowest BCUT2D eigenvalue weighted by Gasteiger charge is -2.20. The molecule has 1 aliphatic rings.